The van der Waals surface area contributed by atoms with Gasteiger partial charge in [0.25, 0.3) is 5.91 Å². The van der Waals surface area contributed by atoms with Crippen LogP contribution in [0.25, 0.3) is 6.08 Å². The van der Waals surface area contributed by atoms with E-state index in [4.69, 9.17) is 0 Å². The van der Waals surface area contributed by atoms with Crippen molar-refractivity contribution in [3.05, 3.63) is 41.5 Å². The molecule has 0 fully saturated rings. The molecule has 0 aliphatic carbocycles. The zero-order chi connectivity index (χ0) is 17.2. The summed E-state index contributed by atoms with van der Waals surface area (Å²) in [4.78, 5) is 34.9. The highest BCUT2D eigenvalue weighted by Crippen LogP contribution is 2.06. The Morgan fingerprint density at radius 3 is 2.39 bits per heavy atom. The van der Waals surface area contributed by atoms with E-state index in [9.17, 15) is 14.4 Å². The standard InChI is InChI=1S/C17H23N3O3/c1-4-11-19-16(22)12(2)20-15(21)10-7-13-5-8-14(9-6-13)17(23)18-3/h5-10,12H,4,11H2,1-3H3,(H,18,23)(H,19,22)(H,20,21)/b10-7+. The van der Waals surface area contributed by atoms with Crippen LogP contribution in [0.2, 0.25) is 0 Å². The van der Waals surface area contributed by atoms with Gasteiger partial charge in [0, 0.05) is 25.2 Å². The van der Waals surface area contributed by atoms with Crippen LogP contribution < -0.4 is 16.0 Å². The van der Waals surface area contributed by atoms with Crippen LogP contribution in [0.5, 0.6) is 0 Å². The predicted octanol–water partition coefficient (Wildman–Crippen LogP) is 1.09. The van der Waals surface area contributed by atoms with E-state index >= 15 is 0 Å². The van der Waals surface area contributed by atoms with Crippen molar-refractivity contribution in [3.8, 4) is 0 Å². The van der Waals surface area contributed by atoms with Gasteiger partial charge in [-0.15, -0.1) is 0 Å². The molecule has 3 amide bonds. The molecule has 1 unspecified atom stereocenters. The van der Waals surface area contributed by atoms with Crippen molar-refractivity contribution in [3.63, 3.8) is 0 Å². The Hall–Kier alpha value is -2.63. The van der Waals surface area contributed by atoms with Gasteiger partial charge in [0.15, 0.2) is 0 Å². The predicted molar refractivity (Wildman–Crippen MR) is 89.8 cm³/mol. The molecule has 1 aromatic rings. The molecule has 0 radical (unpaired) electrons. The van der Waals surface area contributed by atoms with Crippen molar-refractivity contribution < 1.29 is 14.4 Å². The number of benzene rings is 1. The summed E-state index contributed by atoms with van der Waals surface area (Å²) in [6, 6.07) is 6.25. The van der Waals surface area contributed by atoms with E-state index < -0.39 is 6.04 Å². The van der Waals surface area contributed by atoms with Crippen molar-refractivity contribution in [1.29, 1.82) is 0 Å². The highest BCUT2D eigenvalue weighted by atomic mass is 16.2. The van der Waals surface area contributed by atoms with E-state index in [0.717, 1.165) is 12.0 Å². The Bertz CT molecular complexity index is 579. The molecule has 6 nitrogen and oxygen atoms in total. The Balaban J connectivity index is 2.54. The second-order valence-corrected chi connectivity index (χ2v) is 5.06. The third kappa shape index (κ3) is 6.34. The molecule has 1 aromatic carbocycles. The van der Waals surface area contributed by atoms with Crippen molar-refractivity contribution in [1.82, 2.24) is 16.0 Å². The van der Waals surface area contributed by atoms with Gasteiger partial charge in [-0.05, 0) is 37.1 Å². The average Bonchev–Trinajstić information content (AvgIpc) is 2.57. The summed E-state index contributed by atoms with van der Waals surface area (Å²) in [6.45, 7) is 4.18. The number of carbonyl (C=O) groups excluding carboxylic acids is 3. The monoisotopic (exact) mass is 317 g/mol. The summed E-state index contributed by atoms with van der Waals surface area (Å²) < 4.78 is 0. The maximum atomic E-state index is 11.8. The van der Waals surface area contributed by atoms with Crippen LogP contribution in [0.1, 0.15) is 36.2 Å². The number of rotatable bonds is 7. The Labute approximate surface area is 136 Å². The fourth-order valence-electron chi connectivity index (χ4n) is 1.79. The maximum Gasteiger partial charge on any atom is 0.251 e. The highest BCUT2D eigenvalue weighted by molar-refractivity contribution is 5.96. The third-order valence-electron chi connectivity index (χ3n) is 3.13. The first kappa shape index (κ1) is 18.4. The van der Waals surface area contributed by atoms with Gasteiger partial charge in [-0.25, -0.2) is 0 Å². The lowest BCUT2D eigenvalue weighted by atomic mass is 10.1. The summed E-state index contributed by atoms with van der Waals surface area (Å²) >= 11 is 0. The summed E-state index contributed by atoms with van der Waals surface area (Å²) in [5.74, 6) is -0.715. The van der Waals surface area contributed by atoms with Crippen LogP contribution in [-0.4, -0.2) is 37.4 Å². The second-order valence-electron chi connectivity index (χ2n) is 5.06. The summed E-state index contributed by atoms with van der Waals surface area (Å²) in [5, 5.41) is 7.85. The Morgan fingerprint density at radius 1 is 1.17 bits per heavy atom. The van der Waals surface area contributed by atoms with Crippen LogP contribution in [0, 0.1) is 0 Å². The Morgan fingerprint density at radius 2 is 1.83 bits per heavy atom. The van der Waals surface area contributed by atoms with Gasteiger partial charge >= 0.3 is 0 Å². The first-order chi connectivity index (χ1) is 11.0. The molecule has 1 rings (SSSR count). The minimum atomic E-state index is -0.589. The summed E-state index contributed by atoms with van der Waals surface area (Å²) in [6.07, 6.45) is 3.83. The van der Waals surface area contributed by atoms with Gasteiger partial charge in [0.1, 0.15) is 6.04 Å². The fraction of sp³-hybridized carbons (Fsp3) is 0.353. The largest absolute Gasteiger partial charge is 0.355 e. The van der Waals surface area contributed by atoms with Gasteiger partial charge in [-0.1, -0.05) is 19.1 Å². The smallest absolute Gasteiger partial charge is 0.251 e. The van der Waals surface area contributed by atoms with Crippen molar-refractivity contribution >= 4 is 23.8 Å². The molecule has 23 heavy (non-hydrogen) atoms. The lowest BCUT2D eigenvalue weighted by molar-refractivity contribution is -0.126. The molecular formula is C17H23N3O3. The summed E-state index contributed by atoms with van der Waals surface area (Å²) in [5.41, 5.74) is 1.34. The molecule has 1 atom stereocenters. The first-order valence-corrected chi connectivity index (χ1v) is 7.56. The van der Waals surface area contributed by atoms with Gasteiger partial charge in [-0.2, -0.15) is 0 Å². The van der Waals surface area contributed by atoms with Crippen molar-refractivity contribution in [2.75, 3.05) is 13.6 Å². The normalized spacial score (nSPS) is 11.8. The van der Waals surface area contributed by atoms with Gasteiger partial charge in [-0.3, -0.25) is 14.4 Å². The van der Waals surface area contributed by atoms with E-state index in [1.54, 1.807) is 44.3 Å². The number of carbonyl (C=O) groups is 3. The minimum absolute atomic E-state index is 0.162. The third-order valence-corrected chi connectivity index (χ3v) is 3.13. The van der Waals surface area contributed by atoms with Crippen LogP contribution >= 0.6 is 0 Å². The molecule has 6 heteroatoms. The van der Waals surface area contributed by atoms with Crippen LogP contribution in [-0.2, 0) is 9.59 Å². The molecule has 0 bridgehead atoms. The lowest BCUT2D eigenvalue weighted by Gasteiger charge is -2.12. The highest BCUT2D eigenvalue weighted by Gasteiger charge is 2.13. The molecule has 0 spiro atoms. The Kier molecular flexibility index (Phi) is 7.53. The summed E-state index contributed by atoms with van der Waals surface area (Å²) in [7, 11) is 1.57. The zero-order valence-corrected chi connectivity index (χ0v) is 13.7. The van der Waals surface area contributed by atoms with Crippen LogP contribution in [0.3, 0.4) is 0 Å². The van der Waals surface area contributed by atoms with Crippen LogP contribution in [0.4, 0.5) is 0 Å². The van der Waals surface area contributed by atoms with E-state index in [2.05, 4.69) is 16.0 Å². The topological polar surface area (TPSA) is 87.3 Å². The molecule has 124 valence electrons. The average molecular weight is 317 g/mol. The minimum Gasteiger partial charge on any atom is -0.355 e. The van der Waals surface area contributed by atoms with E-state index in [1.165, 1.54) is 6.08 Å². The second kappa shape index (κ2) is 9.40. The fourth-order valence-corrected chi connectivity index (χ4v) is 1.79. The SMILES string of the molecule is CCCNC(=O)C(C)NC(=O)/C=C/c1ccc(C(=O)NC)cc1. The number of hydrogen-bond donors (Lipinski definition) is 3. The molecule has 0 heterocycles. The number of hydrogen-bond acceptors (Lipinski definition) is 3. The molecule has 0 aromatic heterocycles. The van der Waals surface area contributed by atoms with Gasteiger partial charge < -0.3 is 16.0 Å². The maximum absolute atomic E-state index is 11.8. The molecule has 0 aliphatic heterocycles. The quantitative estimate of drug-likeness (QED) is 0.658. The van der Waals surface area contributed by atoms with Crippen LogP contribution in [0.15, 0.2) is 30.3 Å². The number of amides is 3. The molecule has 3 N–H and O–H groups in total. The van der Waals surface area contributed by atoms with Crippen molar-refractivity contribution in [2.24, 2.45) is 0 Å². The molecule has 0 saturated carbocycles. The van der Waals surface area contributed by atoms with E-state index in [0.29, 0.717) is 12.1 Å². The molecule has 0 aliphatic rings. The van der Waals surface area contributed by atoms with Crippen molar-refractivity contribution in [2.45, 2.75) is 26.3 Å². The molecule has 0 saturated heterocycles. The first-order valence-electron chi connectivity index (χ1n) is 7.56. The van der Waals surface area contributed by atoms with Gasteiger partial charge in [0.05, 0.1) is 0 Å². The van der Waals surface area contributed by atoms with E-state index in [1.807, 2.05) is 6.92 Å². The molecular weight excluding hydrogens is 294 g/mol. The zero-order valence-electron chi connectivity index (χ0n) is 13.7. The van der Waals surface area contributed by atoms with E-state index in [-0.39, 0.29) is 17.7 Å². The van der Waals surface area contributed by atoms with Gasteiger partial charge in [0.2, 0.25) is 11.8 Å². The lowest BCUT2D eigenvalue weighted by Crippen LogP contribution is -2.44. The number of nitrogens with one attached hydrogen (secondary N) is 3.